The molecule has 0 aromatic rings. The first-order valence-corrected chi connectivity index (χ1v) is 10.5. The van der Waals surface area contributed by atoms with Crippen LogP contribution in [0.1, 0.15) is 58.8 Å². The van der Waals surface area contributed by atoms with Crippen molar-refractivity contribution in [3.8, 4) is 0 Å². The van der Waals surface area contributed by atoms with Crippen LogP contribution in [0.2, 0.25) is 0 Å². The van der Waals surface area contributed by atoms with Crippen LogP contribution in [0.15, 0.2) is 0 Å². The zero-order chi connectivity index (χ0) is 15.3. The molecule has 1 atom stereocenters. The molecule has 1 unspecified atom stereocenters. The molecule has 0 aromatic heterocycles. The van der Waals surface area contributed by atoms with Gasteiger partial charge < -0.3 is 5.32 Å². The van der Waals surface area contributed by atoms with E-state index < -0.39 is 9.84 Å². The molecule has 1 aliphatic heterocycles. The minimum atomic E-state index is -2.82. The second-order valence-electron chi connectivity index (χ2n) is 6.97. The van der Waals surface area contributed by atoms with Gasteiger partial charge in [0.1, 0.15) is 9.84 Å². The van der Waals surface area contributed by atoms with Gasteiger partial charge in [-0.3, -0.25) is 4.90 Å². The molecular weight excluding hydrogens is 284 g/mol. The van der Waals surface area contributed by atoms with Crippen LogP contribution < -0.4 is 5.32 Å². The molecule has 1 saturated carbocycles. The van der Waals surface area contributed by atoms with Crippen LogP contribution in [-0.4, -0.2) is 56.0 Å². The quantitative estimate of drug-likeness (QED) is 0.845. The molecule has 0 amide bonds. The topological polar surface area (TPSA) is 49.4 Å². The third kappa shape index (κ3) is 4.93. The summed E-state index contributed by atoms with van der Waals surface area (Å²) in [7, 11) is -2.82. The van der Waals surface area contributed by atoms with Crippen LogP contribution in [0.25, 0.3) is 0 Å². The van der Waals surface area contributed by atoms with Gasteiger partial charge in [-0.05, 0) is 45.7 Å². The van der Waals surface area contributed by atoms with Gasteiger partial charge in [-0.2, -0.15) is 0 Å². The summed E-state index contributed by atoms with van der Waals surface area (Å²) in [6, 6.07) is 0.558. The lowest BCUT2D eigenvalue weighted by molar-refractivity contribution is 0.138. The van der Waals surface area contributed by atoms with Gasteiger partial charge >= 0.3 is 0 Å². The molecule has 0 aromatic carbocycles. The molecule has 0 radical (unpaired) electrons. The summed E-state index contributed by atoms with van der Waals surface area (Å²) in [5.41, 5.74) is 0.298. The molecule has 4 nitrogen and oxygen atoms in total. The van der Waals surface area contributed by atoms with Crippen molar-refractivity contribution >= 4 is 9.84 Å². The average Bonchev–Trinajstić information content (AvgIpc) is 2.60. The molecule has 124 valence electrons. The lowest BCUT2D eigenvalue weighted by atomic mass is 9.81. The van der Waals surface area contributed by atoms with Crippen molar-refractivity contribution in [3.63, 3.8) is 0 Å². The number of hydrogen-bond acceptors (Lipinski definition) is 4. The van der Waals surface area contributed by atoms with Gasteiger partial charge in [0.05, 0.1) is 5.75 Å². The Balaban J connectivity index is 1.92. The minimum Gasteiger partial charge on any atom is -0.310 e. The fourth-order valence-electron chi connectivity index (χ4n) is 3.82. The maximum Gasteiger partial charge on any atom is 0.150 e. The summed E-state index contributed by atoms with van der Waals surface area (Å²) < 4.78 is 23.3. The molecule has 21 heavy (non-hydrogen) atoms. The van der Waals surface area contributed by atoms with Gasteiger partial charge in [0.15, 0.2) is 0 Å². The van der Waals surface area contributed by atoms with Crippen molar-refractivity contribution in [2.75, 3.05) is 31.1 Å². The molecule has 2 aliphatic rings. The Labute approximate surface area is 130 Å². The minimum absolute atomic E-state index is 0.272. The van der Waals surface area contributed by atoms with Gasteiger partial charge in [0, 0.05) is 23.9 Å². The third-order valence-corrected chi connectivity index (χ3v) is 7.13. The highest BCUT2D eigenvalue weighted by Gasteiger charge is 2.36. The summed E-state index contributed by atoms with van der Waals surface area (Å²) in [5.74, 6) is 0.612. The van der Waals surface area contributed by atoms with Gasteiger partial charge in [-0.25, -0.2) is 8.42 Å². The van der Waals surface area contributed by atoms with E-state index in [0.717, 1.165) is 26.1 Å². The zero-order valence-corrected chi connectivity index (χ0v) is 14.6. The Morgan fingerprint density at radius 3 is 2.62 bits per heavy atom. The fraction of sp³-hybridized carbons (Fsp3) is 1.00. The molecular formula is C16H32N2O2S. The van der Waals surface area contributed by atoms with Crippen molar-refractivity contribution < 1.29 is 8.42 Å². The molecule has 1 aliphatic carbocycles. The number of rotatable bonds is 5. The summed E-state index contributed by atoms with van der Waals surface area (Å²) >= 11 is 0. The van der Waals surface area contributed by atoms with Gasteiger partial charge in [-0.1, -0.05) is 26.2 Å². The van der Waals surface area contributed by atoms with E-state index in [1.807, 2.05) is 0 Å². The lowest BCUT2D eigenvalue weighted by Gasteiger charge is -2.41. The molecule has 1 heterocycles. The van der Waals surface area contributed by atoms with Gasteiger partial charge in [-0.15, -0.1) is 0 Å². The number of hydrogen-bond donors (Lipinski definition) is 1. The molecule has 2 rings (SSSR count). The third-order valence-electron chi connectivity index (χ3n) is 5.34. The highest BCUT2D eigenvalue weighted by Crippen LogP contribution is 2.31. The molecule has 1 saturated heterocycles. The monoisotopic (exact) mass is 316 g/mol. The predicted octanol–water partition coefficient (Wildman–Crippen LogP) is 2.20. The second kappa shape index (κ2) is 7.42. The van der Waals surface area contributed by atoms with Crippen LogP contribution in [0.5, 0.6) is 0 Å². The molecule has 5 heteroatoms. The lowest BCUT2D eigenvalue weighted by Crippen LogP contribution is -2.53. The summed E-state index contributed by atoms with van der Waals surface area (Å²) in [6.45, 7) is 7.15. The van der Waals surface area contributed by atoms with Crippen LogP contribution >= 0.6 is 0 Å². The van der Waals surface area contributed by atoms with E-state index in [1.54, 1.807) is 6.92 Å². The Bertz CT molecular complexity index is 416. The molecule has 1 N–H and O–H groups in total. The van der Waals surface area contributed by atoms with E-state index in [-0.39, 0.29) is 5.75 Å². The van der Waals surface area contributed by atoms with E-state index in [9.17, 15) is 8.42 Å². The van der Waals surface area contributed by atoms with E-state index in [2.05, 4.69) is 17.1 Å². The van der Waals surface area contributed by atoms with Crippen molar-refractivity contribution in [2.24, 2.45) is 0 Å². The number of sulfone groups is 1. The molecule has 2 fully saturated rings. The summed E-state index contributed by atoms with van der Waals surface area (Å²) in [5, 5.41) is 3.82. The Morgan fingerprint density at radius 2 is 1.95 bits per heavy atom. The normalized spacial score (nSPS) is 27.6. The van der Waals surface area contributed by atoms with Crippen molar-refractivity contribution in [3.05, 3.63) is 0 Å². The van der Waals surface area contributed by atoms with E-state index in [1.165, 1.54) is 38.5 Å². The van der Waals surface area contributed by atoms with Gasteiger partial charge in [0.2, 0.25) is 0 Å². The first-order chi connectivity index (χ1) is 9.96. The van der Waals surface area contributed by atoms with Crippen LogP contribution in [0, 0.1) is 0 Å². The highest BCUT2D eigenvalue weighted by atomic mass is 32.2. The van der Waals surface area contributed by atoms with E-state index in [0.29, 0.717) is 17.3 Å². The number of nitrogens with one attached hydrogen (secondary N) is 1. The zero-order valence-electron chi connectivity index (χ0n) is 13.7. The Hall–Kier alpha value is -0.130. The Kier molecular flexibility index (Phi) is 6.09. The SMILES string of the molecule is CCS(=O)(=O)CCCN1CC2(CCCCC2)NCCC1C. The standard InChI is InChI=1S/C16H32N2O2S/c1-3-21(19,20)13-7-12-18-14-16(9-5-4-6-10-16)17-11-8-15(18)2/h15,17H,3-14H2,1-2H3. The highest BCUT2D eigenvalue weighted by molar-refractivity contribution is 7.91. The largest absolute Gasteiger partial charge is 0.310 e. The summed E-state index contributed by atoms with van der Waals surface area (Å²) in [6.07, 6.45) is 8.54. The maximum absolute atomic E-state index is 11.7. The summed E-state index contributed by atoms with van der Waals surface area (Å²) in [4.78, 5) is 2.54. The van der Waals surface area contributed by atoms with E-state index >= 15 is 0 Å². The second-order valence-corrected chi connectivity index (χ2v) is 9.44. The average molecular weight is 317 g/mol. The smallest absolute Gasteiger partial charge is 0.150 e. The van der Waals surface area contributed by atoms with Gasteiger partial charge in [0.25, 0.3) is 0 Å². The first kappa shape index (κ1) is 17.2. The molecule has 0 bridgehead atoms. The van der Waals surface area contributed by atoms with Crippen molar-refractivity contribution in [1.82, 2.24) is 10.2 Å². The first-order valence-electron chi connectivity index (χ1n) is 8.66. The predicted molar refractivity (Wildman–Crippen MR) is 88.4 cm³/mol. The van der Waals surface area contributed by atoms with E-state index in [4.69, 9.17) is 0 Å². The van der Waals surface area contributed by atoms with Crippen LogP contribution in [-0.2, 0) is 9.84 Å². The fourth-order valence-corrected chi connectivity index (χ4v) is 4.68. The van der Waals surface area contributed by atoms with Crippen LogP contribution in [0.3, 0.4) is 0 Å². The van der Waals surface area contributed by atoms with Crippen LogP contribution in [0.4, 0.5) is 0 Å². The van der Waals surface area contributed by atoms with Crippen molar-refractivity contribution in [1.29, 1.82) is 0 Å². The maximum atomic E-state index is 11.7. The number of nitrogens with zero attached hydrogens (tertiary/aromatic N) is 1. The Morgan fingerprint density at radius 1 is 1.24 bits per heavy atom. The van der Waals surface area contributed by atoms with Crippen molar-refractivity contribution in [2.45, 2.75) is 70.4 Å². The molecule has 1 spiro atoms.